The summed E-state index contributed by atoms with van der Waals surface area (Å²) < 4.78 is 3.21. The molecule has 1 atom stereocenters. The number of hydrogen-bond donors (Lipinski definition) is 2. The maximum Gasteiger partial charge on any atom is 0.253 e. The van der Waals surface area contributed by atoms with E-state index in [0.717, 1.165) is 44.3 Å². The average molecular weight is 397 g/mol. The van der Waals surface area contributed by atoms with E-state index >= 15 is 0 Å². The van der Waals surface area contributed by atoms with Crippen LogP contribution in [-0.2, 0) is 18.4 Å². The number of carbonyl (C=O) groups excluding carboxylic acids is 2. The molecule has 0 radical (unpaired) electrons. The van der Waals surface area contributed by atoms with Gasteiger partial charge < -0.3 is 19.8 Å². The van der Waals surface area contributed by atoms with Crippen LogP contribution < -0.4 is 16.2 Å². The van der Waals surface area contributed by atoms with E-state index in [2.05, 4.69) is 15.6 Å². The van der Waals surface area contributed by atoms with Crippen LogP contribution in [-0.4, -0.2) is 32.0 Å². The van der Waals surface area contributed by atoms with Gasteiger partial charge in [0, 0.05) is 37.7 Å². The highest BCUT2D eigenvalue weighted by molar-refractivity contribution is 5.94. The zero-order valence-electron chi connectivity index (χ0n) is 16.6. The summed E-state index contributed by atoms with van der Waals surface area (Å²) in [6, 6.07) is 2.88. The maximum absolute atomic E-state index is 12.9. The van der Waals surface area contributed by atoms with Crippen LogP contribution in [0.5, 0.6) is 0 Å². The summed E-state index contributed by atoms with van der Waals surface area (Å²) in [6.07, 6.45) is 11.4. The lowest BCUT2D eigenvalue weighted by molar-refractivity contribution is -0.122. The quantitative estimate of drug-likeness (QED) is 0.740. The number of nitrogens with zero attached hydrogens (tertiary/aromatic N) is 3. The standard InChI is InChI=1S/C21H27N5O3/c1-25-11-10-22-20(25)19(14-6-7-14)24-21(29)15-8-9-18(28)26(12-15)13-17(27)23-16-4-2-3-5-16/h8-12,14,16,19H,2-7,13H2,1H3,(H,23,27)(H,24,29). The van der Waals surface area contributed by atoms with E-state index in [-0.39, 0.29) is 36.0 Å². The number of nitrogens with one attached hydrogen (secondary N) is 2. The van der Waals surface area contributed by atoms with Gasteiger partial charge in [0.1, 0.15) is 12.4 Å². The Morgan fingerprint density at radius 3 is 2.62 bits per heavy atom. The Hall–Kier alpha value is -2.90. The molecule has 2 aliphatic carbocycles. The maximum atomic E-state index is 12.9. The van der Waals surface area contributed by atoms with Crippen molar-refractivity contribution in [3.63, 3.8) is 0 Å². The summed E-state index contributed by atoms with van der Waals surface area (Å²) in [7, 11) is 1.91. The molecule has 0 spiro atoms. The first-order valence-electron chi connectivity index (χ1n) is 10.3. The van der Waals surface area contributed by atoms with Crippen LogP contribution in [0.1, 0.15) is 60.7 Å². The van der Waals surface area contributed by atoms with Crippen molar-refractivity contribution in [1.82, 2.24) is 24.8 Å². The molecule has 1 unspecified atom stereocenters. The van der Waals surface area contributed by atoms with Gasteiger partial charge >= 0.3 is 0 Å². The number of amides is 2. The molecule has 8 heteroatoms. The first-order valence-corrected chi connectivity index (χ1v) is 10.3. The molecule has 2 aromatic heterocycles. The fraction of sp³-hybridized carbons (Fsp3) is 0.524. The molecular formula is C21H27N5O3. The van der Waals surface area contributed by atoms with E-state index in [1.54, 1.807) is 6.20 Å². The van der Waals surface area contributed by atoms with Gasteiger partial charge in [0.25, 0.3) is 11.5 Å². The van der Waals surface area contributed by atoms with Crippen molar-refractivity contribution in [1.29, 1.82) is 0 Å². The molecule has 154 valence electrons. The Labute approximate surface area is 169 Å². The molecule has 0 saturated heterocycles. The zero-order valence-corrected chi connectivity index (χ0v) is 16.6. The molecule has 2 fully saturated rings. The Balaban J connectivity index is 1.46. The lowest BCUT2D eigenvalue weighted by atomic mass is 10.1. The van der Waals surface area contributed by atoms with Crippen molar-refractivity contribution in [3.8, 4) is 0 Å². The van der Waals surface area contributed by atoms with Crippen molar-refractivity contribution in [2.45, 2.75) is 57.2 Å². The minimum absolute atomic E-state index is 0.0815. The lowest BCUT2D eigenvalue weighted by Crippen LogP contribution is -2.38. The number of rotatable bonds is 7. The predicted octanol–water partition coefficient (Wildman–Crippen LogP) is 1.52. The Bertz CT molecular complexity index is 953. The first kappa shape index (κ1) is 19.4. The van der Waals surface area contributed by atoms with E-state index in [1.807, 2.05) is 17.8 Å². The Morgan fingerprint density at radius 2 is 1.97 bits per heavy atom. The van der Waals surface area contributed by atoms with Gasteiger partial charge in [-0.05, 0) is 37.7 Å². The monoisotopic (exact) mass is 397 g/mol. The number of pyridine rings is 1. The average Bonchev–Trinajstić information content (AvgIpc) is 3.25. The minimum atomic E-state index is -0.300. The number of imidazole rings is 1. The molecule has 8 nitrogen and oxygen atoms in total. The van der Waals surface area contributed by atoms with Gasteiger partial charge in [0.05, 0.1) is 11.6 Å². The topological polar surface area (TPSA) is 98.0 Å². The van der Waals surface area contributed by atoms with Gasteiger partial charge in [0.15, 0.2) is 0 Å². The molecule has 2 aliphatic rings. The second kappa shape index (κ2) is 8.23. The van der Waals surface area contributed by atoms with E-state index in [0.29, 0.717) is 11.5 Å². The van der Waals surface area contributed by atoms with Gasteiger partial charge in [-0.2, -0.15) is 0 Å². The number of aromatic nitrogens is 3. The van der Waals surface area contributed by atoms with Gasteiger partial charge in [-0.3, -0.25) is 14.4 Å². The summed E-state index contributed by atoms with van der Waals surface area (Å²) >= 11 is 0. The van der Waals surface area contributed by atoms with Crippen LogP contribution >= 0.6 is 0 Å². The molecule has 2 saturated carbocycles. The largest absolute Gasteiger partial charge is 0.352 e. The fourth-order valence-electron chi connectivity index (χ4n) is 4.01. The molecule has 2 aromatic rings. The summed E-state index contributed by atoms with van der Waals surface area (Å²) in [5, 5.41) is 6.03. The SMILES string of the molecule is Cn1ccnc1C(NC(=O)c1ccc(=O)n(CC(=O)NC2CCCC2)c1)C1CC1. The smallest absolute Gasteiger partial charge is 0.253 e. The highest BCUT2D eigenvalue weighted by Gasteiger charge is 2.36. The molecule has 0 aliphatic heterocycles. The summed E-state index contributed by atoms with van der Waals surface area (Å²) in [5.74, 6) is 0.739. The van der Waals surface area contributed by atoms with Gasteiger partial charge in [0.2, 0.25) is 5.91 Å². The molecule has 2 heterocycles. The highest BCUT2D eigenvalue weighted by atomic mass is 16.2. The second-order valence-electron chi connectivity index (χ2n) is 8.12. The zero-order chi connectivity index (χ0) is 20.4. The van der Waals surface area contributed by atoms with Crippen LogP contribution in [0.4, 0.5) is 0 Å². The number of carbonyl (C=O) groups is 2. The van der Waals surface area contributed by atoms with Crippen LogP contribution in [0.3, 0.4) is 0 Å². The third kappa shape index (κ3) is 4.58. The Morgan fingerprint density at radius 1 is 1.21 bits per heavy atom. The fourth-order valence-corrected chi connectivity index (χ4v) is 4.01. The Kier molecular flexibility index (Phi) is 5.51. The van der Waals surface area contributed by atoms with Gasteiger partial charge in [-0.15, -0.1) is 0 Å². The van der Waals surface area contributed by atoms with Crippen molar-refractivity contribution in [2.75, 3.05) is 0 Å². The third-order valence-corrected chi connectivity index (χ3v) is 5.80. The lowest BCUT2D eigenvalue weighted by Gasteiger charge is -2.18. The van der Waals surface area contributed by atoms with E-state index in [1.165, 1.54) is 22.9 Å². The van der Waals surface area contributed by atoms with Crippen LogP contribution in [0.25, 0.3) is 0 Å². The van der Waals surface area contributed by atoms with Gasteiger partial charge in [-0.1, -0.05) is 12.8 Å². The van der Waals surface area contributed by atoms with Crippen molar-refractivity contribution in [2.24, 2.45) is 13.0 Å². The summed E-state index contributed by atoms with van der Waals surface area (Å²) in [5.41, 5.74) is 0.0593. The molecule has 2 amide bonds. The van der Waals surface area contributed by atoms with Crippen LogP contribution in [0.15, 0.2) is 35.5 Å². The minimum Gasteiger partial charge on any atom is -0.352 e. The molecule has 4 rings (SSSR count). The van der Waals surface area contributed by atoms with Crippen LogP contribution in [0, 0.1) is 5.92 Å². The predicted molar refractivity (Wildman–Crippen MR) is 107 cm³/mol. The third-order valence-electron chi connectivity index (χ3n) is 5.80. The highest BCUT2D eigenvalue weighted by Crippen LogP contribution is 2.40. The van der Waals surface area contributed by atoms with Crippen molar-refractivity contribution < 1.29 is 9.59 Å². The number of hydrogen-bond acceptors (Lipinski definition) is 4. The van der Waals surface area contributed by atoms with Gasteiger partial charge in [-0.25, -0.2) is 4.98 Å². The second-order valence-corrected chi connectivity index (χ2v) is 8.12. The molecule has 2 N–H and O–H groups in total. The summed E-state index contributed by atoms with van der Waals surface area (Å²) in [4.78, 5) is 41.7. The van der Waals surface area contributed by atoms with Crippen molar-refractivity contribution in [3.05, 3.63) is 52.5 Å². The summed E-state index contributed by atoms with van der Waals surface area (Å²) in [6.45, 7) is -0.0815. The van der Waals surface area contributed by atoms with E-state index in [9.17, 15) is 14.4 Å². The normalized spacial score (nSPS) is 17.8. The molecule has 0 aromatic carbocycles. The van der Waals surface area contributed by atoms with Crippen molar-refractivity contribution >= 4 is 11.8 Å². The van der Waals surface area contributed by atoms with Crippen LogP contribution in [0.2, 0.25) is 0 Å². The molecule has 0 bridgehead atoms. The molecule has 29 heavy (non-hydrogen) atoms. The molecular weight excluding hydrogens is 370 g/mol. The van der Waals surface area contributed by atoms with E-state index < -0.39 is 0 Å². The van der Waals surface area contributed by atoms with E-state index in [4.69, 9.17) is 0 Å². The number of aryl methyl sites for hydroxylation is 1. The first-order chi connectivity index (χ1) is 14.0.